The van der Waals surface area contributed by atoms with Gasteiger partial charge in [0.15, 0.2) is 6.10 Å². The predicted molar refractivity (Wildman–Crippen MR) is 276 cm³/mol. The van der Waals surface area contributed by atoms with E-state index in [1.54, 1.807) is 6.92 Å². The normalized spacial score (nSPS) is 13.5. The third kappa shape index (κ3) is 51.2. The Morgan fingerprint density at radius 2 is 0.785 bits per heavy atom. The van der Waals surface area contributed by atoms with Crippen molar-refractivity contribution in [3.05, 3.63) is 48.6 Å². The lowest BCUT2D eigenvalue weighted by Crippen LogP contribution is -2.29. The molecule has 380 valence electrons. The molecule has 8 nitrogen and oxygen atoms in total. The van der Waals surface area contributed by atoms with Gasteiger partial charge in [0, 0.05) is 12.8 Å². The van der Waals surface area contributed by atoms with Gasteiger partial charge in [0.25, 0.3) is 0 Å². The quantitative estimate of drug-likeness (QED) is 0.0278. The van der Waals surface area contributed by atoms with Gasteiger partial charge in [0.05, 0.1) is 13.2 Å². The summed E-state index contributed by atoms with van der Waals surface area (Å²) in [6, 6.07) is 0. The van der Waals surface area contributed by atoms with Gasteiger partial charge in [-0.25, -0.2) is 4.57 Å². The summed E-state index contributed by atoms with van der Waals surface area (Å²) in [7, 11) is -4.29. The van der Waals surface area contributed by atoms with Crippen LogP contribution < -0.4 is 0 Å². The SMILES string of the molecule is CC/C=C\C/C=C\C/C=C\C/C=C\CCCCCCCCCCCCC(=O)OC(COC(=O)CCCCCCCCCCCCCCCCCCCCCCCC)COP(=O)(O)OCC. The first-order valence-corrected chi connectivity index (χ1v) is 28.9. The lowest BCUT2D eigenvalue weighted by molar-refractivity contribution is -0.161. The van der Waals surface area contributed by atoms with Crippen LogP contribution in [0.5, 0.6) is 0 Å². The lowest BCUT2D eigenvalue weighted by atomic mass is 10.0. The van der Waals surface area contributed by atoms with Gasteiger partial charge < -0.3 is 14.4 Å². The Morgan fingerprint density at radius 3 is 1.18 bits per heavy atom. The van der Waals surface area contributed by atoms with Crippen molar-refractivity contribution in [3.63, 3.8) is 0 Å². The average Bonchev–Trinajstić information content (AvgIpc) is 3.29. The summed E-state index contributed by atoms with van der Waals surface area (Å²) in [5.41, 5.74) is 0. The third-order valence-electron chi connectivity index (χ3n) is 11.9. The number of ether oxygens (including phenoxy) is 2. The second kappa shape index (κ2) is 51.4. The minimum Gasteiger partial charge on any atom is -0.462 e. The first-order valence-electron chi connectivity index (χ1n) is 27.4. The second-order valence-corrected chi connectivity index (χ2v) is 19.7. The van der Waals surface area contributed by atoms with Gasteiger partial charge >= 0.3 is 19.8 Å². The summed E-state index contributed by atoms with van der Waals surface area (Å²) in [4.78, 5) is 35.0. The Kier molecular flexibility index (Phi) is 49.8. The van der Waals surface area contributed by atoms with Crippen LogP contribution in [0.25, 0.3) is 0 Å². The van der Waals surface area contributed by atoms with E-state index < -0.39 is 26.5 Å². The van der Waals surface area contributed by atoms with E-state index in [1.165, 1.54) is 161 Å². The highest BCUT2D eigenvalue weighted by molar-refractivity contribution is 7.47. The standard InChI is InChI=1S/C56H103O8P/c1-4-7-9-11-13-15-17-19-21-23-25-27-29-31-33-35-37-39-41-43-45-47-49-51-56(58)64-54(53-63-65(59,60)62-6-3)52-61-55(57)50-48-46-44-42-40-38-36-34-32-30-28-26-24-22-20-18-16-14-12-10-8-5-2/h7,9,13,15,19,21,25,27,54H,4-6,8,10-12,14,16-18,20,22-24,26,28-53H2,1-3H3,(H,59,60)/b9-7-,15-13-,21-19-,27-25-. The number of phosphoric ester groups is 1. The molecule has 2 atom stereocenters. The molecule has 0 amide bonds. The van der Waals surface area contributed by atoms with Crippen LogP contribution in [0.15, 0.2) is 48.6 Å². The summed E-state index contributed by atoms with van der Waals surface area (Å²) in [6.07, 6.45) is 63.3. The molecule has 0 saturated heterocycles. The van der Waals surface area contributed by atoms with E-state index >= 15 is 0 Å². The van der Waals surface area contributed by atoms with E-state index in [0.717, 1.165) is 70.6 Å². The fourth-order valence-electron chi connectivity index (χ4n) is 7.92. The fraction of sp³-hybridized carbons (Fsp3) is 0.821. The Bertz CT molecular complexity index is 1200. The van der Waals surface area contributed by atoms with Gasteiger partial charge in [-0.1, -0.05) is 249 Å². The molecule has 9 heteroatoms. The molecule has 0 fully saturated rings. The zero-order chi connectivity index (χ0) is 47.4. The molecule has 2 unspecified atom stereocenters. The largest absolute Gasteiger partial charge is 0.472 e. The minimum atomic E-state index is -4.29. The van der Waals surface area contributed by atoms with Crippen LogP contribution in [0.4, 0.5) is 0 Å². The number of hydrogen-bond donors (Lipinski definition) is 1. The van der Waals surface area contributed by atoms with Gasteiger partial charge in [-0.3, -0.25) is 18.6 Å². The van der Waals surface area contributed by atoms with Crippen molar-refractivity contribution in [3.8, 4) is 0 Å². The number of carbonyl (C=O) groups is 2. The third-order valence-corrected chi connectivity index (χ3v) is 13.0. The second-order valence-electron chi connectivity index (χ2n) is 18.2. The van der Waals surface area contributed by atoms with Crippen LogP contribution in [0, 0.1) is 0 Å². The lowest BCUT2D eigenvalue weighted by Gasteiger charge is -2.19. The van der Waals surface area contributed by atoms with Gasteiger partial charge in [-0.2, -0.15) is 0 Å². The Hall–Kier alpha value is -1.99. The maximum atomic E-state index is 12.7. The molecule has 0 aromatic heterocycles. The Balaban J connectivity index is 3.93. The maximum absolute atomic E-state index is 12.7. The summed E-state index contributed by atoms with van der Waals surface area (Å²) < 4.78 is 32.9. The van der Waals surface area contributed by atoms with E-state index in [-0.39, 0.29) is 25.6 Å². The smallest absolute Gasteiger partial charge is 0.462 e. The highest BCUT2D eigenvalue weighted by Gasteiger charge is 2.25. The highest BCUT2D eigenvalue weighted by atomic mass is 31.2. The van der Waals surface area contributed by atoms with Crippen molar-refractivity contribution in [2.75, 3.05) is 19.8 Å². The van der Waals surface area contributed by atoms with Crippen molar-refractivity contribution in [1.82, 2.24) is 0 Å². The highest BCUT2D eigenvalue weighted by Crippen LogP contribution is 2.43. The van der Waals surface area contributed by atoms with Gasteiger partial charge in [-0.15, -0.1) is 0 Å². The Morgan fingerprint density at radius 1 is 0.431 bits per heavy atom. The zero-order valence-electron chi connectivity index (χ0n) is 42.6. The number of carbonyl (C=O) groups excluding carboxylic acids is 2. The zero-order valence-corrected chi connectivity index (χ0v) is 43.5. The first-order chi connectivity index (χ1) is 31.8. The summed E-state index contributed by atoms with van der Waals surface area (Å²) in [5, 5.41) is 0. The van der Waals surface area contributed by atoms with Gasteiger partial charge in [-0.05, 0) is 58.3 Å². The molecule has 0 saturated carbocycles. The van der Waals surface area contributed by atoms with Crippen LogP contribution >= 0.6 is 7.82 Å². The summed E-state index contributed by atoms with van der Waals surface area (Å²) in [5.74, 6) is -0.790. The molecule has 0 radical (unpaired) electrons. The van der Waals surface area contributed by atoms with Crippen LogP contribution in [-0.4, -0.2) is 42.8 Å². The molecule has 0 rings (SSSR count). The molecule has 0 aromatic carbocycles. The van der Waals surface area contributed by atoms with Crippen molar-refractivity contribution in [2.24, 2.45) is 0 Å². The van der Waals surface area contributed by atoms with E-state index in [0.29, 0.717) is 12.8 Å². The average molecular weight is 935 g/mol. The molecule has 1 N–H and O–H groups in total. The van der Waals surface area contributed by atoms with Crippen LogP contribution in [0.3, 0.4) is 0 Å². The monoisotopic (exact) mass is 935 g/mol. The van der Waals surface area contributed by atoms with Gasteiger partial charge in [0.1, 0.15) is 6.61 Å². The predicted octanol–water partition coefficient (Wildman–Crippen LogP) is 18.1. The number of allylic oxidation sites excluding steroid dienone is 8. The molecule has 0 aliphatic carbocycles. The summed E-state index contributed by atoms with van der Waals surface area (Å²) >= 11 is 0. The first kappa shape index (κ1) is 63.0. The maximum Gasteiger partial charge on any atom is 0.472 e. The number of hydrogen-bond acceptors (Lipinski definition) is 7. The number of esters is 2. The molecular weight excluding hydrogens is 832 g/mol. The van der Waals surface area contributed by atoms with E-state index in [4.69, 9.17) is 18.5 Å². The molecule has 65 heavy (non-hydrogen) atoms. The number of unbranched alkanes of at least 4 members (excludes halogenated alkanes) is 31. The molecule has 0 bridgehead atoms. The fourth-order valence-corrected chi connectivity index (χ4v) is 8.67. The minimum absolute atomic E-state index is 0.00000814. The van der Waals surface area contributed by atoms with Gasteiger partial charge in [0.2, 0.25) is 0 Å². The number of rotatable bonds is 51. The summed E-state index contributed by atoms with van der Waals surface area (Å²) in [6.45, 7) is 5.41. The van der Waals surface area contributed by atoms with Crippen molar-refractivity contribution < 1.29 is 37.6 Å². The van der Waals surface area contributed by atoms with Crippen molar-refractivity contribution in [2.45, 2.75) is 277 Å². The van der Waals surface area contributed by atoms with E-state index in [1.807, 2.05) is 0 Å². The topological polar surface area (TPSA) is 108 Å². The molecular formula is C56H103O8P. The molecule has 0 aliphatic heterocycles. The van der Waals surface area contributed by atoms with E-state index in [2.05, 4.69) is 62.5 Å². The van der Waals surface area contributed by atoms with Crippen molar-refractivity contribution in [1.29, 1.82) is 0 Å². The molecule has 0 aromatic rings. The van der Waals surface area contributed by atoms with Crippen LogP contribution in [0.2, 0.25) is 0 Å². The number of phosphoric acid groups is 1. The molecule has 0 spiro atoms. The van der Waals surface area contributed by atoms with E-state index in [9.17, 15) is 19.0 Å². The molecule has 0 aliphatic rings. The Labute approximate surface area is 401 Å². The van der Waals surface area contributed by atoms with Crippen LogP contribution in [-0.2, 0) is 32.7 Å². The van der Waals surface area contributed by atoms with Crippen LogP contribution in [0.1, 0.15) is 271 Å². The van der Waals surface area contributed by atoms with Crippen molar-refractivity contribution >= 4 is 19.8 Å². The molecule has 0 heterocycles.